The highest BCUT2D eigenvalue weighted by molar-refractivity contribution is 5.71. The van der Waals surface area contributed by atoms with Crippen molar-refractivity contribution < 1.29 is 0 Å². The molecule has 1 heterocycles. The summed E-state index contributed by atoms with van der Waals surface area (Å²) >= 11 is 0. The molecule has 0 aliphatic carbocycles. The second-order valence-corrected chi connectivity index (χ2v) is 3.42. The van der Waals surface area contributed by atoms with Crippen LogP contribution in [-0.4, -0.2) is 9.78 Å². The van der Waals surface area contributed by atoms with Crippen LogP contribution in [-0.2, 0) is 7.05 Å². The Bertz CT molecular complexity index is 457. The van der Waals surface area contributed by atoms with Crippen molar-refractivity contribution in [3.63, 3.8) is 0 Å². The standard InChI is InChI=1S/C11H13N3/c1-8-10(4-3-5-11(8)12)9-6-13-14(2)7-9/h3-7H,12H2,1-2H3. The molecule has 0 fully saturated rings. The van der Waals surface area contributed by atoms with E-state index in [1.54, 1.807) is 4.68 Å². The molecule has 0 saturated carbocycles. The molecule has 0 aliphatic heterocycles. The number of anilines is 1. The molecule has 2 N–H and O–H groups in total. The second kappa shape index (κ2) is 3.18. The number of nitrogen functional groups attached to an aromatic ring is 1. The van der Waals surface area contributed by atoms with E-state index in [9.17, 15) is 0 Å². The third-order valence-electron chi connectivity index (χ3n) is 2.39. The van der Waals surface area contributed by atoms with Crippen LogP contribution in [0.4, 0.5) is 5.69 Å². The van der Waals surface area contributed by atoms with Crippen LogP contribution in [0.3, 0.4) is 0 Å². The molecule has 0 spiro atoms. The van der Waals surface area contributed by atoms with Gasteiger partial charge in [0.05, 0.1) is 6.20 Å². The van der Waals surface area contributed by atoms with Crippen LogP contribution in [0.5, 0.6) is 0 Å². The molecule has 1 aromatic carbocycles. The lowest BCUT2D eigenvalue weighted by Crippen LogP contribution is -1.91. The number of hydrogen-bond acceptors (Lipinski definition) is 2. The molecular weight excluding hydrogens is 174 g/mol. The number of nitrogens with zero attached hydrogens (tertiary/aromatic N) is 2. The fourth-order valence-electron chi connectivity index (χ4n) is 1.53. The third-order valence-corrected chi connectivity index (χ3v) is 2.39. The van der Waals surface area contributed by atoms with E-state index in [2.05, 4.69) is 11.2 Å². The minimum absolute atomic E-state index is 0.825. The highest BCUT2D eigenvalue weighted by Crippen LogP contribution is 2.25. The van der Waals surface area contributed by atoms with Crippen molar-refractivity contribution in [2.75, 3.05) is 5.73 Å². The zero-order valence-corrected chi connectivity index (χ0v) is 8.36. The van der Waals surface area contributed by atoms with Crippen LogP contribution in [0.15, 0.2) is 30.6 Å². The van der Waals surface area contributed by atoms with Gasteiger partial charge in [-0.2, -0.15) is 5.10 Å². The number of aromatic nitrogens is 2. The first kappa shape index (κ1) is 8.81. The van der Waals surface area contributed by atoms with E-state index < -0.39 is 0 Å². The lowest BCUT2D eigenvalue weighted by molar-refractivity contribution is 0.768. The van der Waals surface area contributed by atoms with Gasteiger partial charge in [0.25, 0.3) is 0 Å². The normalized spacial score (nSPS) is 10.4. The zero-order valence-electron chi connectivity index (χ0n) is 8.36. The average Bonchev–Trinajstić information content (AvgIpc) is 2.57. The van der Waals surface area contributed by atoms with Crippen molar-refractivity contribution in [3.8, 4) is 11.1 Å². The van der Waals surface area contributed by atoms with E-state index in [0.29, 0.717) is 0 Å². The van der Waals surface area contributed by atoms with E-state index in [-0.39, 0.29) is 0 Å². The molecule has 14 heavy (non-hydrogen) atoms. The first-order valence-corrected chi connectivity index (χ1v) is 4.52. The summed E-state index contributed by atoms with van der Waals surface area (Å²) in [6, 6.07) is 5.93. The molecule has 1 aromatic heterocycles. The summed E-state index contributed by atoms with van der Waals surface area (Å²) in [6.07, 6.45) is 3.84. The first-order valence-electron chi connectivity index (χ1n) is 4.52. The Morgan fingerprint density at radius 2 is 2.14 bits per heavy atom. The summed E-state index contributed by atoms with van der Waals surface area (Å²) in [5.74, 6) is 0. The predicted octanol–water partition coefficient (Wildman–Crippen LogP) is 1.98. The summed E-state index contributed by atoms with van der Waals surface area (Å²) in [5, 5.41) is 4.14. The van der Waals surface area contributed by atoms with E-state index >= 15 is 0 Å². The lowest BCUT2D eigenvalue weighted by atomic mass is 10.0. The van der Waals surface area contributed by atoms with Gasteiger partial charge in [-0.05, 0) is 24.1 Å². The van der Waals surface area contributed by atoms with Crippen LogP contribution in [0.25, 0.3) is 11.1 Å². The van der Waals surface area contributed by atoms with Gasteiger partial charge >= 0.3 is 0 Å². The summed E-state index contributed by atoms with van der Waals surface area (Å²) in [4.78, 5) is 0. The molecule has 0 aliphatic rings. The van der Waals surface area contributed by atoms with Gasteiger partial charge in [-0.3, -0.25) is 4.68 Å². The smallest absolute Gasteiger partial charge is 0.0568 e. The SMILES string of the molecule is Cc1c(N)cccc1-c1cnn(C)c1. The summed E-state index contributed by atoms with van der Waals surface area (Å²) < 4.78 is 1.79. The highest BCUT2D eigenvalue weighted by Gasteiger charge is 2.05. The Morgan fingerprint density at radius 3 is 2.79 bits per heavy atom. The maximum atomic E-state index is 5.84. The summed E-state index contributed by atoms with van der Waals surface area (Å²) in [5.41, 5.74) is 10.0. The number of benzene rings is 1. The number of rotatable bonds is 1. The highest BCUT2D eigenvalue weighted by atomic mass is 15.2. The second-order valence-electron chi connectivity index (χ2n) is 3.42. The topological polar surface area (TPSA) is 43.8 Å². The van der Waals surface area contributed by atoms with Crippen molar-refractivity contribution >= 4 is 5.69 Å². The molecule has 72 valence electrons. The molecule has 0 radical (unpaired) electrons. The van der Waals surface area contributed by atoms with Crippen molar-refractivity contribution in [3.05, 3.63) is 36.2 Å². The molecule has 3 nitrogen and oxygen atoms in total. The maximum absolute atomic E-state index is 5.84. The van der Waals surface area contributed by atoms with Crippen LogP contribution >= 0.6 is 0 Å². The fourth-order valence-corrected chi connectivity index (χ4v) is 1.53. The fraction of sp³-hybridized carbons (Fsp3) is 0.182. The minimum atomic E-state index is 0.825. The van der Waals surface area contributed by atoms with Crippen LogP contribution < -0.4 is 5.73 Å². The Morgan fingerprint density at radius 1 is 1.36 bits per heavy atom. The number of aryl methyl sites for hydroxylation is 1. The molecule has 2 aromatic rings. The van der Waals surface area contributed by atoms with Gasteiger partial charge in [0, 0.05) is 24.5 Å². The molecule has 0 unspecified atom stereocenters. The Hall–Kier alpha value is -1.77. The monoisotopic (exact) mass is 187 g/mol. The maximum Gasteiger partial charge on any atom is 0.0568 e. The Balaban J connectivity index is 2.57. The van der Waals surface area contributed by atoms with Gasteiger partial charge in [-0.15, -0.1) is 0 Å². The number of hydrogen-bond donors (Lipinski definition) is 1. The zero-order chi connectivity index (χ0) is 10.1. The Kier molecular flexibility index (Phi) is 2.00. The van der Waals surface area contributed by atoms with Gasteiger partial charge < -0.3 is 5.73 Å². The molecular formula is C11H13N3. The first-order chi connectivity index (χ1) is 6.68. The largest absolute Gasteiger partial charge is 0.398 e. The van der Waals surface area contributed by atoms with Gasteiger partial charge in [-0.1, -0.05) is 12.1 Å². The average molecular weight is 187 g/mol. The van der Waals surface area contributed by atoms with Crippen molar-refractivity contribution in [1.82, 2.24) is 9.78 Å². The van der Waals surface area contributed by atoms with Crippen LogP contribution in [0.1, 0.15) is 5.56 Å². The van der Waals surface area contributed by atoms with E-state index in [4.69, 9.17) is 5.73 Å². The van der Waals surface area contributed by atoms with Gasteiger partial charge in [0.1, 0.15) is 0 Å². The Labute approximate surface area is 83.2 Å². The molecule has 2 rings (SSSR count). The lowest BCUT2D eigenvalue weighted by Gasteiger charge is -2.05. The van der Waals surface area contributed by atoms with E-state index in [0.717, 1.165) is 22.4 Å². The minimum Gasteiger partial charge on any atom is -0.398 e. The molecule has 0 bridgehead atoms. The molecule has 3 heteroatoms. The molecule has 0 saturated heterocycles. The van der Waals surface area contributed by atoms with Crippen molar-refractivity contribution in [2.45, 2.75) is 6.92 Å². The van der Waals surface area contributed by atoms with Crippen LogP contribution in [0.2, 0.25) is 0 Å². The molecule has 0 atom stereocenters. The van der Waals surface area contributed by atoms with Crippen molar-refractivity contribution in [2.24, 2.45) is 7.05 Å². The van der Waals surface area contributed by atoms with E-state index in [1.165, 1.54) is 0 Å². The van der Waals surface area contributed by atoms with Gasteiger partial charge in [0.2, 0.25) is 0 Å². The quantitative estimate of drug-likeness (QED) is 0.694. The van der Waals surface area contributed by atoms with E-state index in [1.807, 2.05) is 38.5 Å². The van der Waals surface area contributed by atoms with Crippen LogP contribution in [0, 0.1) is 6.92 Å². The number of nitrogens with two attached hydrogens (primary N) is 1. The van der Waals surface area contributed by atoms with Gasteiger partial charge in [-0.25, -0.2) is 0 Å². The van der Waals surface area contributed by atoms with Gasteiger partial charge in [0.15, 0.2) is 0 Å². The molecule has 0 amide bonds. The third kappa shape index (κ3) is 1.37. The predicted molar refractivity (Wildman–Crippen MR) is 57.8 cm³/mol. The summed E-state index contributed by atoms with van der Waals surface area (Å²) in [7, 11) is 1.91. The summed E-state index contributed by atoms with van der Waals surface area (Å²) in [6.45, 7) is 2.03. The van der Waals surface area contributed by atoms with Crippen molar-refractivity contribution in [1.29, 1.82) is 0 Å².